The maximum atomic E-state index is 13.5. The third-order valence-corrected chi connectivity index (χ3v) is 14.9. The molecule has 0 aromatic rings. The van der Waals surface area contributed by atoms with E-state index in [1.807, 2.05) is 33.3 Å². The van der Waals surface area contributed by atoms with Gasteiger partial charge in [0.15, 0.2) is 0 Å². The molecule has 0 aliphatic carbocycles. The Balaban J connectivity index is 5.10. The smallest absolute Gasteiger partial charge is 0.306 e. The Morgan fingerprint density at radius 2 is 0.813 bits per heavy atom. The molecule has 10 heteroatoms. The summed E-state index contributed by atoms with van der Waals surface area (Å²) in [7, 11) is 1.18. The number of allylic oxidation sites excluding steroid dienone is 9. The van der Waals surface area contributed by atoms with Crippen molar-refractivity contribution >= 4 is 19.7 Å². The molecule has 3 unspecified atom stereocenters. The van der Waals surface area contributed by atoms with Gasteiger partial charge in [0.05, 0.1) is 33.8 Å². The lowest BCUT2D eigenvalue weighted by Gasteiger charge is -2.30. The maximum Gasteiger partial charge on any atom is 0.306 e. The minimum Gasteiger partial charge on any atom is -0.756 e. The summed E-state index contributed by atoms with van der Waals surface area (Å²) in [6.07, 6.45) is 69.0. The van der Waals surface area contributed by atoms with E-state index in [0.717, 1.165) is 89.9 Å². The lowest BCUT2D eigenvalue weighted by molar-refractivity contribution is -0.870. The highest BCUT2D eigenvalue weighted by atomic mass is 31.2. The second-order valence-electron chi connectivity index (χ2n) is 22.6. The molecular formula is C65H121N2O7P. The molecule has 438 valence electrons. The maximum absolute atomic E-state index is 13.5. The number of phosphoric acid groups is 1. The molecule has 0 saturated heterocycles. The molecule has 0 rings (SSSR count). The van der Waals surface area contributed by atoms with Gasteiger partial charge >= 0.3 is 5.97 Å². The SMILES string of the molecule is CCCCC/C=C\C/C=C\C/C=C\C/C=C\CCCCCCCCCCCC(=O)NC(COP(=O)([O-])OCC[N+](C)(C)C)C(/C=C\CCCCCCCCCCC)OC(=O)CCCCCCCCCCCCCCC. The number of likely N-dealkylation sites (N-methyl/N-ethyl adjacent to an activating group) is 1. The molecule has 0 spiro atoms. The standard InChI is InChI=1S/C65H121N2O7P/c1-7-10-13-16-19-22-25-27-28-29-30-31-32-33-34-35-36-37-38-40-42-45-48-51-54-57-64(68)66-62(61-73-75(70,71)72-60-59-67(4,5)6)63(56-53-50-47-44-41-24-21-18-15-12-9-3)74-65(69)58-55-52-49-46-43-39-26-23-20-17-14-11-8-2/h19,22,27-28,30-31,33-34,53,56,62-63H,7-18,20-21,23-26,29,32,35-52,54-55,57-61H2,1-6H3,(H-,66,68,70,71)/b22-19-,28-27-,31-30-,34-33-,56-53-. The first-order valence-electron chi connectivity index (χ1n) is 31.6. The first kappa shape index (κ1) is 72.7. The summed E-state index contributed by atoms with van der Waals surface area (Å²) < 4.78 is 30.3. The fourth-order valence-corrected chi connectivity index (χ4v) is 9.76. The van der Waals surface area contributed by atoms with Crippen LogP contribution < -0.4 is 10.2 Å². The monoisotopic (exact) mass is 1070 g/mol. The normalized spacial score (nSPS) is 14.1. The summed E-state index contributed by atoms with van der Waals surface area (Å²) in [5, 5.41) is 3.03. The number of unbranched alkanes of at least 4 members (excludes halogenated alkanes) is 33. The molecule has 1 N–H and O–H groups in total. The third-order valence-electron chi connectivity index (χ3n) is 14.0. The number of nitrogens with one attached hydrogen (secondary N) is 1. The number of amides is 1. The van der Waals surface area contributed by atoms with Crippen LogP contribution in [0.15, 0.2) is 60.8 Å². The zero-order valence-corrected chi connectivity index (χ0v) is 50.9. The number of nitrogens with zero attached hydrogens (tertiary/aromatic N) is 1. The molecule has 0 aromatic carbocycles. The van der Waals surface area contributed by atoms with E-state index < -0.39 is 20.0 Å². The van der Waals surface area contributed by atoms with Crippen molar-refractivity contribution in [2.24, 2.45) is 0 Å². The molecule has 3 atom stereocenters. The van der Waals surface area contributed by atoms with Crippen LogP contribution in [0, 0.1) is 0 Å². The van der Waals surface area contributed by atoms with Crippen molar-refractivity contribution in [3.8, 4) is 0 Å². The summed E-state index contributed by atoms with van der Waals surface area (Å²) in [5.74, 6) is -0.541. The fraction of sp³-hybridized carbons (Fsp3) is 0.815. The van der Waals surface area contributed by atoms with Crippen LogP contribution in [-0.2, 0) is 27.9 Å². The van der Waals surface area contributed by atoms with E-state index in [0.29, 0.717) is 17.4 Å². The number of hydrogen-bond donors (Lipinski definition) is 1. The average Bonchev–Trinajstić information content (AvgIpc) is 3.37. The van der Waals surface area contributed by atoms with E-state index in [1.165, 1.54) is 167 Å². The van der Waals surface area contributed by atoms with Crippen molar-refractivity contribution < 1.29 is 37.3 Å². The van der Waals surface area contributed by atoms with E-state index in [9.17, 15) is 19.0 Å². The van der Waals surface area contributed by atoms with Gasteiger partial charge in [0.25, 0.3) is 7.82 Å². The van der Waals surface area contributed by atoms with Gasteiger partial charge in [-0.1, -0.05) is 262 Å². The van der Waals surface area contributed by atoms with Crippen molar-refractivity contribution in [3.63, 3.8) is 0 Å². The minimum atomic E-state index is -4.70. The third kappa shape index (κ3) is 56.2. The Morgan fingerprint density at radius 3 is 1.24 bits per heavy atom. The molecule has 0 heterocycles. The summed E-state index contributed by atoms with van der Waals surface area (Å²) in [4.78, 5) is 39.9. The molecule has 1 amide bonds. The van der Waals surface area contributed by atoms with E-state index in [-0.39, 0.29) is 31.5 Å². The molecule has 0 radical (unpaired) electrons. The molecule has 0 bridgehead atoms. The summed E-state index contributed by atoms with van der Waals surface area (Å²) in [6.45, 7) is 6.82. The zero-order valence-electron chi connectivity index (χ0n) is 50.0. The number of phosphoric ester groups is 1. The van der Waals surface area contributed by atoms with Crippen molar-refractivity contribution in [1.29, 1.82) is 0 Å². The highest BCUT2D eigenvalue weighted by Gasteiger charge is 2.27. The van der Waals surface area contributed by atoms with Gasteiger partial charge in [-0.25, -0.2) is 0 Å². The number of ether oxygens (including phenoxy) is 1. The van der Waals surface area contributed by atoms with E-state index >= 15 is 0 Å². The minimum absolute atomic E-state index is 0.0236. The Hall–Kier alpha value is -2.29. The van der Waals surface area contributed by atoms with Gasteiger partial charge in [-0.15, -0.1) is 0 Å². The van der Waals surface area contributed by atoms with Crippen LogP contribution in [0.1, 0.15) is 290 Å². The predicted octanol–water partition coefficient (Wildman–Crippen LogP) is 18.8. The van der Waals surface area contributed by atoms with E-state index in [4.69, 9.17) is 13.8 Å². The van der Waals surface area contributed by atoms with Crippen LogP contribution in [-0.4, -0.2) is 69.4 Å². The number of rotatable bonds is 57. The summed E-state index contributed by atoms with van der Waals surface area (Å²) in [6, 6.07) is -0.890. The lowest BCUT2D eigenvalue weighted by Crippen LogP contribution is -2.47. The van der Waals surface area contributed by atoms with Gasteiger partial charge in [0, 0.05) is 12.8 Å². The fourth-order valence-electron chi connectivity index (χ4n) is 9.04. The van der Waals surface area contributed by atoms with Crippen LogP contribution in [0.25, 0.3) is 0 Å². The summed E-state index contributed by atoms with van der Waals surface area (Å²) in [5.41, 5.74) is 0. The Labute approximate surface area is 464 Å². The highest BCUT2D eigenvalue weighted by molar-refractivity contribution is 7.45. The van der Waals surface area contributed by atoms with Gasteiger partial charge < -0.3 is 28.5 Å². The van der Waals surface area contributed by atoms with Crippen LogP contribution in [0.2, 0.25) is 0 Å². The van der Waals surface area contributed by atoms with Crippen molar-refractivity contribution in [2.45, 2.75) is 303 Å². The molecule has 0 aliphatic heterocycles. The van der Waals surface area contributed by atoms with E-state index in [2.05, 4.69) is 74.7 Å². The number of hydrogen-bond acceptors (Lipinski definition) is 7. The predicted molar refractivity (Wildman–Crippen MR) is 321 cm³/mol. The average molecular weight is 1070 g/mol. The topological polar surface area (TPSA) is 114 Å². The zero-order chi connectivity index (χ0) is 55.0. The number of quaternary nitrogens is 1. The molecule has 9 nitrogen and oxygen atoms in total. The van der Waals surface area contributed by atoms with Crippen molar-refractivity contribution in [1.82, 2.24) is 5.32 Å². The van der Waals surface area contributed by atoms with Crippen molar-refractivity contribution in [3.05, 3.63) is 60.8 Å². The van der Waals surface area contributed by atoms with Crippen LogP contribution in [0.4, 0.5) is 0 Å². The summed E-state index contributed by atoms with van der Waals surface area (Å²) >= 11 is 0. The van der Waals surface area contributed by atoms with Crippen LogP contribution >= 0.6 is 7.82 Å². The van der Waals surface area contributed by atoms with Gasteiger partial charge in [-0.3, -0.25) is 14.2 Å². The Morgan fingerprint density at radius 1 is 0.467 bits per heavy atom. The quantitative estimate of drug-likeness (QED) is 0.0212. The molecule has 0 aliphatic rings. The molecule has 75 heavy (non-hydrogen) atoms. The Bertz CT molecular complexity index is 1470. The molecule has 0 saturated carbocycles. The number of carbonyl (C=O) groups excluding carboxylic acids is 2. The number of esters is 1. The highest BCUT2D eigenvalue weighted by Crippen LogP contribution is 2.38. The number of carbonyl (C=O) groups is 2. The van der Waals surface area contributed by atoms with Gasteiger partial charge in [-0.2, -0.15) is 0 Å². The lowest BCUT2D eigenvalue weighted by atomic mass is 10.0. The van der Waals surface area contributed by atoms with Crippen LogP contribution in [0.3, 0.4) is 0 Å². The Kier molecular flexibility index (Phi) is 53.4. The van der Waals surface area contributed by atoms with Gasteiger partial charge in [-0.05, 0) is 76.7 Å². The van der Waals surface area contributed by atoms with Gasteiger partial charge in [0.1, 0.15) is 19.3 Å². The van der Waals surface area contributed by atoms with Crippen LogP contribution in [0.5, 0.6) is 0 Å². The second kappa shape index (κ2) is 55.0. The molecule has 0 fully saturated rings. The molecular weight excluding hydrogens is 952 g/mol. The first-order chi connectivity index (χ1) is 36.4. The van der Waals surface area contributed by atoms with Gasteiger partial charge in [0.2, 0.25) is 5.91 Å². The largest absolute Gasteiger partial charge is 0.756 e. The molecule has 0 aromatic heterocycles. The van der Waals surface area contributed by atoms with Crippen molar-refractivity contribution in [2.75, 3.05) is 40.9 Å². The first-order valence-corrected chi connectivity index (χ1v) is 33.1. The second-order valence-corrected chi connectivity index (χ2v) is 24.0. The van der Waals surface area contributed by atoms with E-state index in [1.54, 1.807) is 0 Å².